The number of ether oxygens (including phenoxy) is 1. The van der Waals surface area contributed by atoms with Gasteiger partial charge in [-0.15, -0.1) is 11.3 Å². The summed E-state index contributed by atoms with van der Waals surface area (Å²) in [7, 11) is 1.58. The van der Waals surface area contributed by atoms with Crippen LogP contribution in [0.4, 0.5) is 4.39 Å². The quantitative estimate of drug-likeness (QED) is 0.757. The Bertz CT molecular complexity index is 804. The number of thiophene rings is 1. The first-order valence-corrected chi connectivity index (χ1v) is 10.3. The van der Waals surface area contributed by atoms with E-state index in [0.29, 0.717) is 34.3 Å². The van der Waals surface area contributed by atoms with Gasteiger partial charge in [0, 0.05) is 48.9 Å². The Kier molecular flexibility index (Phi) is 6.18. The van der Waals surface area contributed by atoms with Gasteiger partial charge in [0.05, 0.1) is 11.5 Å². The number of methoxy groups -OCH3 is 1. The van der Waals surface area contributed by atoms with E-state index < -0.39 is 0 Å². The lowest BCUT2D eigenvalue weighted by atomic mass is 9.92. The molecule has 1 aromatic carbocycles. The third-order valence-electron chi connectivity index (χ3n) is 5.08. The normalized spacial score (nSPS) is 16.3. The molecule has 2 aromatic rings. The fraction of sp³-hybridized carbons (Fsp3) is 0.571. The Balaban J connectivity index is 1.73. The number of hydrogen-bond donors (Lipinski definition) is 0. The molecular formula is C21H29FN2O2S. The summed E-state index contributed by atoms with van der Waals surface area (Å²) in [6.07, 6.45) is 1.15. The molecule has 27 heavy (non-hydrogen) atoms. The molecule has 3 rings (SSSR count). The van der Waals surface area contributed by atoms with Gasteiger partial charge >= 0.3 is 0 Å². The van der Waals surface area contributed by atoms with E-state index in [1.807, 2.05) is 11.0 Å². The van der Waals surface area contributed by atoms with Crippen molar-refractivity contribution in [3.05, 3.63) is 34.5 Å². The van der Waals surface area contributed by atoms with Crippen molar-refractivity contribution in [3.63, 3.8) is 0 Å². The van der Waals surface area contributed by atoms with Crippen LogP contribution in [-0.2, 0) is 11.3 Å². The molecule has 0 aliphatic carbocycles. The smallest absolute Gasteiger partial charge is 0.264 e. The summed E-state index contributed by atoms with van der Waals surface area (Å²) in [4.78, 5) is 18.1. The largest absolute Gasteiger partial charge is 0.380 e. The maximum atomic E-state index is 14.3. The van der Waals surface area contributed by atoms with Crippen molar-refractivity contribution in [3.8, 4) is 0 Å². The van der Waals surface area contributed by atoms with Crippen LogP contribution in [0.5, 0.6) is 0 Å². The first-order valence-electron chi connectivity index (χ1n) is 9.50. The third kappa shape index (κ3) is 4.68. The topological polar surface area (TPSA) is 32.8 Å². The number of benzene rings is 1. The highest BCUT2D eigenvalue weighted by Gasteiger charge is 2.27. The van der Waals surface area contributed by atoms with Crippen LogP contribution in [0.15, 0.2) is 18.2 Å². The zero-order chi connectivity index (χ0) is 19.6. The Labute approximate surface area is 164 Å². The van der Waals surface area contributed by atoms with Crippen LogP contribution < -0.4 is 0 Å². The van der Waals surface area contributed by atoms with Crippen LogP contribution in [-0.4, -0.2) is 55.5 Å². The van der Waals surface area contributed by atoms with E-state index >= 15 is 0 Å². The minimum absolute atomic E-state index is 0.00174. The Morgan fingerprint density at radius 1 is 1.22 bits per heavy atom. The molecule has 1 aliphatic rings. The Hall–Kier alpha value is -1.50. The standard InChI is InChI=1S/C21H29FN2O2S/c1-21(2,3)8-9-23-10-12-24(13-11-23)20(25)19-15(14-26-4)18-16(22)6-5-7-17(18)27-19/h5-7H,8-14H2,1-4H3. The van der Waals surface area contributed by atoms with E-state index in [2.05, 4.69) is 25.7 Å². The molecule has 4 nitrogen and oxygen atoms in total. The van der Waals surface area contributed by atoms with E-state index in [1.165, 1.54) is 17.4 Å². The molecule has 1 fully saturated rings. The van der Waals surface area contributed by atoms with Crippen LogP contribution in [0.1, 0.15) is 42.4 Å². The van der Waals surface area contributed by atoms with Gasteiger partial charge in [-0.3, -0.25) is 9.69 Å². The summed E-state index contributed by atoms with van der Waals surface area (Å²) in [5.41, 5.74) is 0.999. The van der Waals surface area contributed by atoms with Crippen molar-refractivity contribution in [2.75, 3.05) is 39.8 Å². The van der Waals surface area contributed by atoms with Gasteiger partial charge in [0.25, 0.3) is 5.91 Å². The lowest BCUT2D eigenvalue weighted by Crippen LogP contribution is -2.49. The van der Waals surface area contributed by atoms with Gasteiger partial charge in [0.1, 0.15) is 5.82 Å². The Morgan fingerprint density at radius 3 is 2.56 bits per heavy atom. The molecule has 6 heteroatoms. The predicted molar refractivity (Wildman–Crippen MR) is 109 cm³/mol. The first-order chi connectivity index (χ1) is 12.8. The van der Waals surface area contributed by atoms with Crippen molar-refractivity contribution < 1.29 is 13.9 Å². The summed E-state index contributed by atoms with van der Waals surface area (Å²) in [6.45, 7) is 11.3. The van der Waals surface area contributed by atoms with Gasteiger partial charge in [-0.2, -0.15) is 0 Å². The molecule has 0 saturated carbocycles. The maximum Gasteiger partial charge on any atom is 0.264 e. The van der Waals surface area contributed by atoms with Crippen LogP contribution in [0, 0.1) is 11.2 Å². The second-order valence-corrected chi connectivity index (χ2v) is 9.45. The summed E-state index contributed by atoms with van der Waals surface area (Å²) in [6, 6.07) is 4.99. The number of rotatable bonds is 5. The fourth-order valence-corrected chi connectivity index (χ4v) is 4.62. The maximum absolute atomic E-state index is 14.3. The van der Waals surface area contributed by atoms with Gasteiger partial charge in [-0.1, -0.05) is 26.8 Å². The molecule has 1 aliphatic heterocycles. The second-order valence-electron chi connectivity index (χ2n) is 8.40. The number of fused-ring (bicyclic) bond motifs is 1. The molecule has 0 bridgehead atoms. The first kappa shape index (κ1) is 20.2. The number of carbonyl (C=O) groups excluding carboxylic acids is 1. The number of nitrogens with zero attached hydrogens (tertiary/aromatic N) is 2. The molecule has 1 aromatic heterocycles. The average molecular weight is 393 g/mol. The van der Waals surface area contributed by atoms with Gasteiger partial charge in [0.2, 0.25) is 0 Å². The van der Waals surface area contributed by atoms with Gasteiger partial charge < -0.3 is 9.64 Å². The highest BCUT2D eigenvalue weighted by atomic mass is 32.1. The second kappa shape index (κ2) is 8.25. The van der Waals surface area contributed by atoms with Gasteiger partial charge in [0.15, 0.2) is 0 Å². The van der Waals surface area contributed by atoms with Crippen molar-refractivity contribution in [2.45, 2.75) is 33.8 Å². The average Bonchev–Trinajstić information content (AvgIpc) is 2.99. The minimum Gasteiger partial charge on any atom is -0.380 e. The fourth-order valence-electron chi connectivity index (χ4n) is 3.43. The van der Waals surface area contributed by atoms with Crippen LogP contribution in [0.25, 0.3) is 10.1 Å². The Morgan fingerprint density at radius 2 is 1.93 bits per heavy atom. The number of hydrogen-bond acceptors (Lipinski definition) is 4. The van der Waals surface area contributed by atoms with E-state index in [4.69, 9.17) is 4.74 Å². The van der Waals surface area contributed by atoms with E-state index in [0.717, 1.165) is 30.8 Å². The molecule has 2 heterocycles. The van der Waals surface area contributed by atoms with Gasteiger partial charge in [-0.25, -0.2) is 4.39 Å². The van der Waals surface area contributed by atoms with Gasteiger partial charge in [-0.05, 0) is 30.5 Å². The zero-order valence-corrected chi connectivity index (χ0v) is 17.5. The molecule has 148 valence electrons. The SMILES string of the molecule is COCc1c(C(=O)N2CCN(CCC(C)(C)C)CC2)sc2cccc(F)c12. The number of halogens is 1. The van der Waals surface area contributed by atoms with Crippen LogP contribution >= 0.6 is 11.3 Å². The summed E-state index contributed by atoms with van der Waals surface area (Å²) < 4.78 is 20.4. The van der Waals surface area contributed by atoms with Crippen molar-refractivity contribution in [1.82, 2.24) is 9.80 Å². The minimum atomic E-state index is -0.290. The molecule has 0 unspecified atom stereocenters. The lowest BCUT2D eigenvalue weighted by Gasteiger charge is -2.36. The monoisotopic (exact) mass is 392 g/mol. The van der Waals surface area contributed by atoms with E-state index in [1.54, 1.807) is 13.2 Å². The molecule has 0 radical (unpaired) electrons. The third-order valence-corrected chi connectivity index (χ3v) is 6.27. The van der Waals surface area contributed by atoms with Crippen LogP contribution in [0.3, 0.4) is 0 Å². The molecule has 0 N–H and O–H groups in total. The zero-order valence-electron chi connectivity index (χ0n) is 16.7. The predicted octanol–water partition coefficient (Wildman–Crippen LogP) is 4.38. The highest BCUT2D eigenvalue weighted by Crippen LogP contribution is 2.34. The lowest BCUT2D eigenvalue weighted by molar-refractivity contribution is 0.0624. The summed E-state index contributed by atoms with van der Waals surface area (Å²) in [5, 5.41) is 0.525. The molecule has 0 spiro atoms. The number of amides is 1. The summed E-state index contributed by atoms with van der Waals surface area (Å²) in [5.74, 6) is -0.292. The number of carbonyl (C=O) groups is 1. The molecule has 0 atom stereocenters. The van der Waals surface area contributed by atoms with Crippen LogP contribution in [0.2, 0.25) is 0 Å². The highest BCUT2D eigenvalue weighted by molar-refractivity contribution is 7.21. The molecule has 1 amide bonds. The molecule has 1 saturated heterocycles. The van der Waals surface area contributed by atoms with E-state index in [9.17, 15) is 9.18 Å². The number of piperazine rings is 1. The van der Waals surface area contributed by atoms with Crippen molar-refractivity contribution in [1.29, 1.82) is 0 Å². The summed E-state index contributed by atoms with van der Waals surface area (Å²) >= 11 is 1.37. The van der Waals surface area contributed by atoms with Crippen molar-refractivity contribution >= 4 is 27.3 Å². The van der Waals surface area contributed by atoms with Crippen molar-refractivity contribution in [2.24, 2.45) is 5.41 Å². The molecular weight excluding hydrogens is 363 g/mol. The van der Waals surface area contributed by atoms with E-state index in [-0.39, 0.29) is 18.3 Å².